The van der Waals surface area contributed by atoms with Crippen molar-refractivity contribution in [3.63, 3.8) is 0 Å². The maximum Gasteiger partial charge on any atom is 0.189 e. The van der Waals surface area contributed by atoms with Crippen molar-refractivity contribution < 1.29 is 4.74 Å². The highest BCUT2D eigenvalue weighted by atomic mass is 16.5. The number of nitrogens with one attached hydrogen (secondary N) is 1. The number of benzene rings is 1. The Balaban J connectivity index is 2.81. The summed E-state index contributed by atoms with van der Waals surface area (Å²) in [6.07, 6.45) is 0. The van der Waals surface area contributed by atoms with Gasteiger partial charge in [-0.3, -0.25) is 4.79 Å². The monoisotopic (exact) mass is 231 g/mol. The van der Waals surface area contributed by atoms with Crippen molar-refractivity contribution in [1.29, 1.82) is 0 Å². The van der Waals surface area contributed by atoms with E-state index in [2.05, 4.69) is 18.8 Å². The molecule has 0 saturated heterocycles. The molecule has 0 atom stereocenters. The van der Waals surface area contributed by atoms with Crippen molar-refractivity contribution in [2.75, 3.05) is 7.11 Å². The molecule has 0 fully saturated rings. The van der Waals surface area contributed by atoms with Crippen molar-refractivity contribution in [2.45, 2.75) is 26.7 Å². The van der Waals surface area contributed by atoms with Crippen LogP contribution < -0.4 is 10.2 Å². The van der Waals surface area contributed by atoms with Crippen LogP contribution in [0.3, 0.4) is 0 Å². The summed E-state index contributed by atoms with van der Waals surface area (Å²) in [6.45, 7) is 6.11. The second kappa shape index (κ2) is 4.24. The zero-order chi connectivity index (χ0) is 12.6. The predicted molar refractivity (Wildman–Crippen MR) is 69.9 cm³/mol. The normalized spacial score (nSPS) is 11.1. The van der Waals surface area contributed by atoms with Crippen LogP contribution in [0.25, 0.3) is 10.9 Å². The SMILES string of the molecule is COc1cc(C)c2[nH]c(C(C)C)cc(=O)c2c1. The molecule has 2 rings (SSSR count). The van der Waals surface area contributed by atoms with Gasteiger partial charge < -0.3 is 9.72 Å². The first-order chi connectivity index (χ1) is 8.02. The summed E-state index contributed by atoms with van der Waals surface area (Å²) < 4.78 is 5.18. The fourth-order valence-corrected chi connectivity index (χ4v) is 1.94. The molecular weight excluding hydrogens is 214 g/mol. The maximum atomic E-state index is 12.0. The summed E-state index contributed by atoms with van der Waals surface area (Å²) >= 11 is 0. The van der Waals surface area contributed by atoms with E-state index in [1.807, 2.05) is 13.0 Å². The van der Waals surface area contributed by atoms with Crippen molar-refractivity contribution in [1.82, 2.24) is 4.98 Å². The highest BCUT2D eigenvalue weighted by molar-refractivity contribution is 5.83. The van der Waals surface area contributed by atoms with Crippen LogP contribution in [-0.2, 0) is 0 Å². The molecule has 0 spiro atoms. The number of ether oxygens (including phenoxy) is 1. The molecular formula is C14H17NO2. The minimum absolute atomic E-state index is 0.0458. The number of hydrogen-bond donors (Lipinski definition) is 1. The molecule has 0 aliphatic rings. The van der Waals surface area contributed by atoms with E-state index < -0.39 is 0 Å². The Kier molecular flexibility index (Phi) is 2.92. The molecule has 0 bridgehead atoms. The third-order valence-electron chi connectivity index (χ3n) is 2.99. The Hall–Kier alpha value is -1.77. The number of hydrogen-bond acceptors (Lipinski definition) is 2. The molecule has 3 nitrogen and oxygen atoms in total. The number of methoxy groups -OCH3 is 1. The van der Waals surface area contributed by atoms with E-state index in [0.29, 0.717) is 11.3 Å². The number of rotatable bonds is 2. The van der Waals surface area contributed by atoms with Crippen molar-refractivity contribution in [3.05, 3.63) is 39.7 Å². The third-order valence-corrected chi connectivity index (χ3v) is 2.99. The predicted octanol–water partition coefficient (Wildman–Crippen LogP) is 2.97. The van der Waals surface area contributed by atoms with Gasteiger partial charge in [0.15, 0.2) is 5.43 Å². The Morgan fingerprint density at radius 3 is 2.53 bits per heavy atom. The van der Waals surface area contributed by atoms with Crippen LogP contribution in [0.5, 0.6) is 5.75 Å². The van der Waals surface area contributed by atoms with Crippen LogP contribution in [0.2, 0.25) is 0 Å². The smallest absolute Gasteiger partial charge is 0.189 e. The summed E-state index contributed by atoms with van der Waals surface area (Å²) in [5.41, 5.74) is 2.95. The lowest BCUT2D eigenvalue weighted by Gasteiger charge is -2.10. The molecule has 0 saturated carbocycles. The van der Waals surface area contributed by atoms with E-state index in [9.17, 15) is 4.79 Å². The van der Waals surface area contributed by atoms with Gasteiger partial charge in [0.05, 0.1) is 12.6 Å². The highest BCUT2D eigenvalue weighted by Crippen LogP contribution is 2.22. The van der Waals surface area contributed by atoms with Gasteiger partial charge in [-0.2, -0.15) is 0 Å². The van der Waals surface area contributed by atoms with Crippen molar-refractivity contribution >= 4 is 10.9 Å². The van der Waals surface area contributed by atoms with Gasteiger partial charge in [0.25, 0.3) is 0 Å². The Bertz CT molecular complexity index is 611. The van der Waals surface area contributed by atoms with E-state index in [1.165, 1.54) is 0 Å². The molecule has 0 radical (unpaired) electrons. The number of H-pyrrole nitrogens is 1. The second-order valence-corrected chi connectivity index (χ2v) is 4.61. The molecule has 17 heavy (non-hydrogen) atoms. The van der Waals surface area contributed by atoms with Crippen molar-refractivity contribution in [2.24, 2.45) is 0 Å². The molecule has 2 aromatic rings. The lowest BCUT2D eigenvalue weighted by molar-refractivity contribution is 0.415. The fraction of sp³-hybridized carbons (Fsp3) is 0.357. The number of aryl methyl sites for hydroxylation is 1. The zero-order valence-corrected chi connectivity index (χ0v) is 10.6. The van der Waals surface area contributed by atoms with Gasteiger partial charge in [-0.05, 0) is 30.5 Å². The van der Waals surface area contributed by atoms with E-state index in [4.69, 9.17) is 4.74 Å². The number of fused-ring (bicyclic) bond motifs is 1. The van der Waals surface area contributed by atoms with Gasteiger partial charge in [0.1, 0.15) is 5.75 Å². The van der Waals surface area contributed by atoms with E-state index in [-0.39, 0.29) is 5.43 Å². The lowest BCUT2D eigenvalue weighted by Crippen LogP contribution is -2.07. The number of pyridine rings is 1. The van der Waals surface area contributed by atoms with Gasteiger partial charge in [0, 0.05) is 17.1 Å². The van der Waals surface area contributed by atoms with Gasteiger partial charge in [0.2, 0.25) is 0 Å². The van der Waals surface area contributed by atoms with Crippen LogP contribution in [0.15, 0.2) is 23.0 Å². The first kappa shape index (κ1) is 11.7. The third kappa shape index (κ3) is 2.05. The molecule has 0 aliphatic carbocycles. The van der Waals surface area contributed by atoms with Gasteiger partial charge in [-0.25, -0.2) is 0 Å². The molecule has 1 N–H and O–H groups in total. The van der Waals surface area contributed by atoms with Crippen LogP contribution in [0.1, 0.15) is 31.0 Å². The minimum atomic E-state index is 0.0458. The number of aromatic amines is 1. The maximum absolute atomic E-state index is 12.0. The van der Waals surface area contributed by atoms with Crippen LogP contribution in [0, 0.1) is 6.92 Å². The highest BCUT2D eigenvalue weighted by Gasteiger charge is 2.08. The second-order valence-electron chi connectivity index (χ2n) is 4.61. The zero-order valence-electron chi connectivity index (χ0n) is 10.6. The van der Waals surface area contributed by atoms with Crippen LogP contribution in [0.4, 0.5) is 0 Å². The molecule has 1 aromatic heterocycles. The Labute approximate surface area is 100 Å². The summed E-state index contributed by atoms with van der Waals surface area (Å²) in [5, 5.41) is 0.686. The number of aromatic nitrogens is 1. The molecule has 90 valence electrons. The standard InChI is InChI=1S/C14H17NO2/c1-8(2)12-7-13(16)11-6-10(17-4)5-9(3)14(11)15-12/h5-8H,1-4H3,(H,15,16). The van der Waals surface area contributed by atoms with Gasteiger partial charge >= 0.3 is 0 Å². The quantitative estimate of drug-likeness (QED) is 0.863. The molecule has 1 heterocycles. The van der Waals surface area contributed by atoms with Gasteiger partial charge in [-0.1, -0.05) is 13.8 Å². The minimum Gasteiger partial charge on any atom is -0.497 e. The molecule has 0 aliphatic heterocycles. The van der Waals surface area contributed by atoms with Gasteiger partial charge in [-0.15, -0.1) is 0 Å². The Morgan fingerprint density at radius 2 is 1.94 bits per heavy atom. The molecule has 1 aromatic carbocycles. The van der Waals surface area contributed by atoms with E-state index >= 15 is 0 Å². The summed E-state index contributed by atoms with van der Waals surface area (Å²) in [4.78, 5) is 15.4. The van der Waals surface area contributed by atoms with E-state index in [1.54, 1.807) is 19.2 Å². The molecule has 3 heteroatoms. The molecule has 0 amide bonds. The largest absolute Gasteiger partial charge is 0.497 e. The summed E-state index contributed by atoms with van der Waals surface area (Å²) in [6, 6.07) is 5.39. The van der Waals surface area contributed by atoms with Crippen LogP contribution in [-0.4, -0.2) is 12.1 Å². The fourth-order valence-electron chi connectivity index (χ4n) is 1.94. The average molecular weight is 231 g/mol. The Morgan fingerprint density at radius 1 is 1.24 bits per heavy atom. The topological polar surface area (TPSA) is 42.1 Å². The van der Waals surface area contributed by atoms with Crippen LogP contribution >= 0.6 is 0 Å². The lowest BCUT2D eigenvalue weighted by atomic mass is 10.1. The van der Waals surface area contributed by atoms with E-state index in [0.717, 1.165) is 22.5 Å². The summed E-state index contributed by atoms with van der Waals surface area (Å²) in [5.74, 6) is 1.03. The first-order valence-corrected chi connectivity index (χ1v) is 5.74. The molecule has 0 unspecified atom stereocenters. The van der Waals surface area contributed by atoms with Crippen molar-refractivity contribution in [3.8, 4) is 5.75 Å². The average Bonchev–Trinajstić information content (AvgIpc) is 2.29. The first-order valence-electron chi connectivity index (χ1n) is 5.74. The summed E-state index contributed by atoms with van der Waals surface area (Å²) in [7, 11) is 1.61.